The molecule has 0 saturated carbocycles. The van der Waals surface area contributed by atoms with Gasteiger partial charge in [0.1, 0.15) is 12.0 Å². The first-order chi connectivity index (χ1) is 9.33. The van der Waals surface area contributed by atoms with Crippen LogP contribution in [0.25, 0.3) is 22.9 Å². The Kier molecular flexibility index (Phi) is 2.09. The zero-order valence-corrected chi connectivity index (χ0v) is 10.5. The molecule has 0 bridgehead atoms. The van der Waals surface area contributed by atoms with Crippen molar-refractivity contribution in [1.82, 2.24) is 19.7 Å². The van der Waals surface area contributed by atoms with E-state index in [9.17, 15) is 0 Å². The Morgan fingerprint density at radius 2 is 2.00 bits per heavy atom. The van der Waals surface area contributed by atoms with E-state index >= 15 is 0 Å². The molecule has 3 aromatic rings. The van der Waals surface area contributed by atoms with Gasteiger partial charge in [0.05, 0.1) is 0 Å². The van der Waals surface area contributed by atoms with E-state index in [1.165, 1.54) is 5.56 Å². The van der Waals surface area contributed by atoms with E-state index in [0.717, 1.165) is 35.9 Å². The fraction of sp³-hybridized carbons (Fsp3) is 0.214. The predicted molar refractivity (Wildman–Crippen MR) is 69.4 cm³/mol. The molecule has 94 valence electrons. The van der Waals surface area contributed by atoms with E-state index in [4.69, 9.17) is 4.42 Å². The van der Waals surface area contributed by atoms with E-state index in [-0.39, 0.29) is 0 Å². The van der Waals surface area contributed by atoms with Crippen molar-refractivity contribution in [3.63, 3.8) is 0 Å². The third kappa shape index (κ3) is 1.51. The van der Waals surface area contributed by atoms with Gasteiger partial charge >= 0.3 is 0 Å². The van der Waals surface area contributed by atoms with Gasteiger partial charge in [0.15, 0.2) is 17.5 Å². The van der Waals surface area contributed by atoms with Crippen molar-refractivity contribution < 1.29 is 4.42 Å². The van der Waals surface area contributed by atoms with Gasteiger partial charge in [-0.25, -0.2) is 4.98 Å². The summed E-state index contributed by atoms with van der Waals surface area (Å²) in [5, 5.41) is 8.59. The number of hydrogen-bond donors (Lipinski definition) is 0. The summed E-state index contributed by atoms with van der Waals surface area (Å²) in [5.74, 6) is 2.34. The lowest BCUT2D eigenvalue weighted by Gasteiger charge is -2.17. The van der Waals surface area contributed by atoms with E-state index in [2.05, 4.69) is 37.9 Å². The molecule has 3 heterocycles. The SMILES string of the molecule is Cc1nc(-c2nnc3n2CCc2ccccc2-3)co1. The lowest BCUT2D eigenvalue weighted by molar-refractivity contribution is 0.521. The van der Waals surface area contributed by atoms with Gasteiger partial charge < -0.3 is 8.98 Å². The molecule has 0 N–H and O–H groups in total. The predicted octanol–water partition coefficient (Wildman–Crippen LogP) is 2.46. The number of rotatable bonds is 1. The van der Waals surface area contributed by atoms with Crippen LogP contribution in [0.2, 0.25) is 0 Å². The van der Waals surface area contributed by atoms with E-state index < -0.39 is 0 Å². The monoisotopic (exact) mass is 252 g/mol. The maximum Gasteiger partial charge on any atom is 0.191 e. The zero-order valence-electron chi connectivity index (χ0n) is 10.5. The topological polar surface area (TPSA) is 56.7 Å². The summed E-state index contributed by atoms with van der Waals surface area (Å²) in [6.07, 6.45) is 2.62. The Hall–Kier alpha value is -2.43. The van der Waals surface area contributed by atoms with E-state index in [0.29, 0.717) is 5.89 Å². The maximum atomic E-state index is 5.26. The second-order valence-corrected chi connectivity index (χ2v) is 4.66. The van der Waals surface area contributed by atoms with Gasteiger partial charge in [0, 0.05) is 19.0 Å². The minimum absolute atomic E-state index is 0.642. The van der Waals surface area contributed by atoms with Crippen molar-refractivity contribution in [2.24, 2.45) is 0 Å². The molecule has 1 aliphatic heterocycles. The molecule has 0 radical (unpaired) electrons. The maximum absolute atomic E-state index is 5.26. The molecule has 5 heteroatoms. The minimum Gasteiger partial charge on any atom is -0.449 e. The second kappa shape index (κ2) is 3.78. The standard InChI is InChI=1S/C14H12N4O/c1-9-15-12(8-19-9)14-17-16-13-11-5-3-2-4-10(11)6-7-18(13)14/h2-5,8H,6-7H2,1H3. The van der Waals surface area contributed by atoms with Crippen molar-refractivity contribution in [2.75, 3.05) is 0 Å². The van der Waals surface area contributed by atoms with Gasteiger partial charge in [-0.05, 0) is 12.0 Å². The first kappa shape index (κ1) is 10.5. The Morgan fingerprint density at radius 1 is 1.16 bits per heavy atom. The summed E-state index contributed by atoms with van der Waals surface area (Å²) < 4.78 is 7.37. The summed E-state index contributed by atoms with van der Waals surface area (Å²) in [7, 11) is 0. The van der Waals surface area contributed by atoms with Crippen molar-refractivity contribution in [1.29, 1.82) is 0 Å². The minimum atomic E-state index is 0.642. The fourth-order valence-corrected chi connectivity index (χ4v) is 2.56. The summed E-state index contributed by atoms with van der Waals surface area (Å²) in [5.41, 5.74) is 3.23. The molecule has 0 spiro atoms. The molecular weight excluding hydrogens is 240 g/mol. The quantitative estimate of drug-likeness (QED) is 0.667. The Balaban J connectivity index is 1.90. The van der Waals surface area contributed by atoms with Crippen molar-refractivity contribution in [3.8, 4) is 22.9 Å². The molecule has 0 amide bonds. The van der Waals surface area contributed by atoms with Gasteiger partial charge in [0.2, 0.25) is 0 Å². The van der Waals surface area contributed by atoms with Crippen molar-refractivity contribution in [2.45, 2.75) is 19.9 Å². The molecule has 0 saturated heterocycles. The van der Waals surface area contributed by atoms with Crippen LogP contribution in [0.1, 0.15) is 11.5 Å². The van der Waals surface area contributed by atoms with E-state index in [1.54, 1.807) is 6.26 Å². The van der Waals surface area contributed by atoms with Crippen molar-refractivity contribution in [3.05, 3.63) is 42.0 Å². The van der Waals surface area contributed by atoms with Crippen LogP contribution in [-0.2, 0) is 13.0 Å². The number of fused-ring (bicyclic) bond motifs is 3. The number of benzene rings is 1. The lowest BCUT2D eigenvalue weighted by atomic mass is 10.0. The van der Waals surface area contributed by atoms with Crippen LogP contribution in [0, 0.1) is 6.92 Å². The third-order valence-electron chi connectivity index (χ3n) is 3.46. The molecule has 5 nitrogen and oxygen atoms in total. The average Bonchev–Trinajstić information content (AvgIpc) is 3.04. The Bertz CT molecular complexity index is 756. The Morgan fingerprint density at radius 3 is 2.84 bits per heavy atom. The number of aryl methyl sites for hydroxylation is 2. The highest BCUT2D eigenvalue weighted by Crippen LogP contribution is 2.30. The van der Waals surface area contributed by atoms with Gasteiger partial charge in [-0.2, -0.15) is 0 Å². The van der Waals surface area contributed by atoms with Gasteiger partial charge in [-0.1, -0.05) is 24.3 Å². The zero-order chi connectivity index (χ0) is 12.8. The molecule has 1 aromatic carbocycles. The summed E-state index contributed by atoms with van der Waals surface area (Å²) in [6, 6.07) is 8.33. The average molecular weight is 252 g/mol. The smallest absolute Gasteiger partial charge is 0.191 e. The molecular formula is C14H12N4O. The van der Waals surface area contributed by atoms with Crippen LogP contribution in [0.4, 0.5) is 0 Å². The number of oxazole rings is 1. The summed E-state index contributed by atoms with van der Waals surface area (Å²) in [4.78, 5) is 4.33. The van der Waals surface area contributed by atoms with Gasteiger partial charge in [-0.3, -0.25) is 0 Å². The van der Waals surface area contributed by atoms with Crippen LogP contribution in [0.5, 0.6) is 0 Å². The highest BCUT2D eigenvalue weighted by atomic mass is 16.3. The summed E-state index contributed by atoms with van der Waals surface area (Å²) >= 11 is 0. The number of hydrogen-bond acceptors (Lipinski definition) is 4. The molecule has 0 atom stereocenters. The summed E-state index contributed by atoms with van der Waals surface area (Å²) in [6.45, 7) is 2.70. The largest absolute Gasteiger partial charge is 0.449 e. The third-order valence-corrected chi connectivity index (χ3v) is 3.46. The van der Waals surface area contributed by atoms with Gasteiger partial charge in [-0.15, -0.1) is 10.2 Å². The number of aromatic nitrogens is 4. The normalized spacial score (nSPS) is 13.1. The van der Waals surface area contributed by atoms with Crippen LogP contribution >= 0.6 is 0 Å². The van der Waals surface area contributed by atoms with Crippen LogP contribution in [0.15, 0.2) is 34.9 Å². The fourth-order valence-electron chi connectivity index (χ4n) is 2.56. The second-order valence-electron chi connectivity index (χ2n) is 4.66. The molecule has 0 aliphatic carbocycles. The highest BCUT2D eigenvalue weighted by molar-refractivity contribution is 5.65. The van der Waals surface area contributed by atoms with Crippen molar-refractivity contribution >= 4 is 0 Å². The Labute approximate surface area is 109 Å². The first-order valence-corrected chi connectivity index (χ1v) is 6.27. The molecule has 1 aliphatic rings. The van der Waals surface area contributed by atoms with Crippen LogP contribution in [-0.4, -0.2) is 19.7 Å². The van der Waals surface area contributed by atoms with Crippen LogP contribution < -0.4 is 0 Å². The van der Waals surface area contributed by atoms with Crippen LogP contribution in [0.3, 0.4) is 0 Å². The first-order valence-electron chi connectivity index (χ1n) is 6.27. The highest BCUT2D eigenvalue weighted by Gasteiger charge is 2.22. The molecule has 0 fully saturated rings. The molecule has 2 aromatic heterocycles. The van der Waals surface area contributed by atoms with Gasteiger partial charge in [0.25, 0.3) is 0 Å². The number of nitrogens with zero attached hydrogens (tertiary/aromatic N) is 4. The lowest BCUT2D eigenvalue weighted by Crippen LogP contribution is -2.12. The van der Waals surface area contributed by atoms with E-state index in [1.807, 2.05) is 13.0 Å². The molecule has 4 rings (SSSR count). The molecule has 0 unspecified atom stereocenters. The molecule has 19 heavy (non-hydrogen) atoms.